The zero-order valence-corrected chi connectivity index (χ0v) is 12.8. The highest BCUT2D eigenvalue weighted by Gasteiger charge is 2.31. The van der Waals surface area contributed by atoms with Crippen molar-refractivity contribution < 1.29 is 4.79 Å². The fourth-order valence-electron chi connectivity index (χ4n) is 3.77. The normalized spacial score (nSPS) is 26.6. The molecule has 3 rings (SSSR count). The number of carbonyl (C=O) groups excluding carboxylic acids is 1. The predicted molar refractivity (Wildman–Crippen MR) is 84.7 cm³/mol. The van der Waals surface area contributed by atoms with Crippen molar-refractivity contribution in [2.24, 2.45) is 11.7 Å². The molecule has 2 aliphatic rings. The van der Waals surface area contributed by atoms with Gasteiger partial charge >= 0.3 is 0 Å². The Labute approximate surface area is 127 Å². The lowest BCUT2D eigenvalue weighted by molar-refractivity contribution is -0.137. The van der Waals surface area contributed by atoms with E-state index in [0.717, 1.165) is 45.2 Å². The average molecular weight is 286 g/mol. The van der Waals surface area contributed by atoms with E-state index < -0.39 is 0 Å². The molecule has 1 heterocycles. The van der Waals surface area contributed by atoms with Gasteiger partial charge in [0.2, 0.25) is 5.91 Å². The van der Waals surface area contributed by atoms with Crippen LogP contribution in [0.25, 0.3) is 0 Å². The second-order valence-corrected chi connectivity index (χ2v) is 6.54. The first-order valence-electron chi connectivity index (χ1n) is 8.37. The van der Waals surface area contributed by atoms with E-state index in [1.807, 2.05) is 0 Å². The molecular formula is C18H26N2O. The number of hydrogen-bond donors (Lipinski definition) is 1. The first-order valence-corrected chi connectivity index (χ1v) is 8.37. The second kappa shape index (κ2) is 6.61. The summed E-state index contributed by atoms with van der Waals surface area (Å²) in [7, 11) is 0. The molecule has 1 fully saturated rings. The second-order valence-electron chi connectivity index (χ2n) is 6.54. The van der Waals surface area contributed by atoms with Crippen molar-refractivity contribution in [3.63, 3.8) is 0 Å². The lowest BCUT2D eigenvalue weighted by Crippen LogP contribution is -2.43. The van der Waals surface area contributed by atoms with Crippen LogP contribution in [0.15, 0.2) is 24.3 Å². The molecule has 1 amide bonds. The van der Waals surface area contributed by atoms with Gasteiger partial charge in [0.1, 0.15) is 0 Å². The van der Waals surface area contributed by atoms with Crippen LogP contribution in [0.2, 0.25) is 0 Å². The van der Waals surface area contributed by atoms with E-state index in [0.29, 0.717) is 5.91 Å². The van der Waals surface area contributed by atoms with E-state index in [9.17, 15) is 4.79 Å². The molecule has 1 aliphatic heterocycles. The van der Waals surface area contributed by atoms with E-state index in [4.69, 9.17) is 5.73 Å². The number of benzene rings is 1. The number of aryl methyl sites for hydroxylation is 1. The topological polar surface area (TPSA) is 46.3 Å². The Balaban J connectivity index is 1.75. The van der Waals surface area contributed by atoms with Gasteiger partial charge < -0.3 is 10.6 Å². The molecule has 1 aromatic rings. The van der Waals surface area contributed by atoms with Crippen molar-refractivity contribution in [1.29, 1.82) is 0 Å². The molecule has 0 spiro atoms. The van der Waals surface area contributed by atoms with Gasteiger partial charge in [-0.1, -0.05) is 43.5 Å². The van der Waals surface area contributed by atoms with Crippen molar-refractivity contribution in [2.75, 3.05) is 6.54 Å². The van der Waals surface area contributed by atoms with E-state index in [1.165, 1.54) is 24.0 Å². The Kier molecular flexibility index (Phi) is 4.59. The molecule has 3 nitrogen and oxygen atoms in total. The Hall–Kier alpha value is -1.35. The standard InChI is InChI=1S/C18H26N2O/c19-17-11-3-1-2-10-16(17)18(21)20-12-6-9-14-7-4-5-8-15(14)13-20/h4-5,7-8,16-17H,1-3,6,9-13,19H2. The summed E-state index contributed by atoms with van der Waals surface area (Å²) in [5.41, 5.74) is 8.98. The monoisotopic (exact) mass is 286 g/mol. The fraction of sp³-hybridized carbons (Fsp3) is 0.611. The SMILES string of the molecule is NC1CCCCCC1C(=O)N1CCCc2ccccc2C1. The summed E-state index contributed by atoms with van der Waals surface area (Å²) < 4.78 is 0. The smallest absolute Gasteiger partial charge is 0.227 e. The molecule has 0 aromatic heterocycles. The number of hydrogen-bond acceptors (Lipinski definition) is 2. The average Bonchev–Trinajstić information content (AvgIpc) is 2.84. The van der Waals surface area contributed by atoms with Gasteiger partial charge in [-0.25, -0.2) is 0 Å². The molecule has 3 heteroatoms. The van der Waals surface area contributed by atoms with Crippen LogP contribution in [-0.2, 0) is 17.8 Å². The number of carbonyl (C=O) groups is 1. The highest BCUT2D eigenvalue weighted by Crippen LogP contribution is 2.26. The Morgan fingerprint density at radius 1 is 1.05 bits per heavy atom. The van der Waals surface area contributed by atoms with E-state index in [1.54, 1.807) is 0 Å². The molecule has 0 radical (unpaired) electrons. The lowest BCUT2D eigenvalue weighted by Gasteiger charge is -2.28. The van der Waals surface area contributed by atoms with Gasteiger partial charge in [0, 0.05) is 19.1 Å². The van der Waals surface area contributed by atoms with Gasteiger partial charge in [0.05, 0.1) is 5.92 Å². The van der Waals surface area contributed by atoms with Crippen molar-refractivity contribution >= 4 is 5.91 Å². The van der Waals surface area contributed by atoms with Gasteiger partial charge in [-0.2, -0.15) is 0 Å². The number of nitrogens with two attached hydrogens (primary N) is 1. The quantitative estimate of drug-likeness (QED) is 0.807. The van der Waals surface area contributed by atoms with Crippen molar-refractivity contribution in [2.45, 2.75) is 57.5 Å². The summed E-state index contributed by atoms with van der Waals surface area (Å²) in [6.45, 7) is 1.63. The Morgan fingerprint density at radius 3 is 2.67 bits per heavy atom. The molecule has 114 valence electrons. The molecular weight excluding hydrogens is 260 g/mol. The van der Waals surface area contributed by atoms with Gasteiger partial charge in [-0.3, -0.25) is 4.79 Å². The minimum absolute atomic E-state index is 0.0396. The van der Waals surface area contributed by atoms with Crippen LogP contribution in [0.1, 0.15) is 49.7 Å². The van der Waals surface area contributed by atoms with Crippen molar-refractivity contribution in [3.05, 3.63) is 35.4 Å². The van der Waals surface area contributed by atoms with Gasteiger partial charge in [-0.05, 0) is 36.8 Å². The summed E-state index contributed by atoms with van der Waals surface area (Å²) in [6, 6.07) is 8.58. The van der Waals surface area contributed by atoms with Crippen molar-refractivity contribution in [3.8, 4) is 0 Å². The molecule has 2 unspecified atom stereocenters. The largest absolute Gasteiger partial charge is 0.338 e. The summed E-state index contributed by atoms with van der Waals surface area (Å²) in [6.07, 6.45) is 7.66. The highest BCUT2D eigenvalue weighted by atomic mass is 16.2. The molecule has 0 saturated heterocycles. The van der Waals surface area contributed by atoms with E-state index >= 15 is 0 Å². The zero-order valence-electron chi connectivity index (χ0n) is 12.8. The molecule has 0 bridgehead atoms. The highest BCUT2D eigenvalue weighted by molar-refractivity contribution is 5.79. The summed E-state index contributed by atoms with van der Waals surface area (Å²) in [5.74, 6) is 0.332. The minimum atomic E-state index is 0.0396. The van der Waals surface area contributed by atoms with Crippen LogP contribution in [-0.4, -0.2) is 23.4 Å². The van der Waals surface area contributed by atoms with Gasteiger partial charge in [0.25, 0.3) is 0 Å². The van der Waals surface area contributed by atoms with Crippen LogP contribution in [0.5, 0.6) is 0 Å². The molecule has 2 N–H and O–H groups in total. The Morgan fingerprint density at radius 2 is 1.81 bits per heavy atom. The zero-order chi connectivity index (χ0) is 14.7. The number of nitrogens with zero attached hydrogens (tertiary/aromatic N) is 1. The molecule has 1 aliphatic carbocycles. The number of fused-ring (bicyclic) bond motifs is 1. The molecule has 2 atom stereocenters. The van der Waals surface area contributed by atoms with Crippen LogP contribution in [0.4, 0.5) is 0 Å². The third-order valence-electron chi connectivity index (χ3n) is 5.05. The van der Waals surface area contributed by atoms with E-state index in [2.05, 4.69) is 29.2 Å². The maximum Gasteiger partial charge on any atom is 0.227 e. The van der Waals surface area contributed by atoms with Crippen LogP contribution >= 0.6 is 0 Å². The van der Waals surface area contributed by atoms with E-state index in [-0.39, 0.29) is 12.0 Å². The fourth-order valence-corrected chi connectivity index (χ4v) is 3.77. The first kappa shape index (κ1) is 14.6. The minimum Gasteiger partial charge on any atom is -0.338 e. The number of rotatable bonds is 1. The summed E-state index contributed by atoms with van der Waals surface area (Å²) in [5, 5.41) is 0. The third-order valence-corrected chi connectivity index (χ3v) is 5.05. The van der Waals surface area contributed by atoms with Gasteiger partial charge in [-0.15, -0.1) is 0 Å². The Bertz CT molecular complexity index is 500. The number of amides is 1. The summed E-state index contributed by atoms with van der Waals surface area (Å²) in [4.78, 5) is 15.0. The lowest BCUT2D eigenvalue weighted by atomic mass is 9.93. The molecule has 1 aromatic carbocycles. The molecule has 21 heavy (non-hydrogen) atoms. The van der Waals surface area contributed by atoms with Gasteiger partial charge in [0.15, 0.2) is 0 Å². The van der Waals surface area contributed by atoms with Crippen LogP contribution in [0.3, 0.4) is 0 Å². The predicted octanol–water partition coefficient (Wildman–Crippen LogP) is 2.87. The summed E-state index contributed by atoms with van der Waals surface area (Å²) >= 11 is 0. The van der Waals surface area contributed by atoms with Crippen LogP contribution < -0.4 is 5.73 Å². The molecule has 1 saturated carbocycles. The maximum absolute atomic E-state index is 12.9. The maximum atomic E-state index is 12.9. The van der Waals surface area contributed by atoms with Crippen LogP contribution in [0, 0.1) is 5.92 Å². The third kappa shape index (κ3) is 3.29. The van der Waals surface area contributed by atoms with Crippen molar-refractivity contribution in [1.82, 2.24) is 4.90 Å². The first-order chi connectivity index (χ1) is 10.3.